The zero-order chi connectivity index (χ0) is 44.7. The molecule has 8 rings (SSSR count). The quantitative estimate of drug-likeness (QED) is 0.0621. The van der Waals surface area contributed by atoms with Crippen LogP contribution in [-0.2, 0) is 9.59 Å². The summed E-state index contributed by atoms with van der Waals surface area (Å²) < 4.78 is 59.0. The van der Waals surface area contributed by atoms with Crippen molar-refractivity contribution in [2.75, 3.05) is 66.7 Å². The van der Waals surface area contributed by atoms with E-state index >= 15 is 8.78 Å². The molecule has 18 heteroatoms. The number of rotatable bonds is 13. The molecule has 3 aliphatic rings. The van der Waals surface area contributed by atoms with Gasteiger partial charge in [0.1, 0.15) is 17.5 Å². The fourth-order valence-electron chi connectivity index (χ4n) is 8.14. The van der Waals surface area contributed by atoms with Gasteiger partial charge < -0.3 is 20.9 Å². The number of benzene rings is 4. The highest BCUT2D eigenvalue weighted by atomic mass is 19.1. The minimum atomic E-state index is -0.892. The van der Waals surface area contributed by atoms with Gasteiger partial charge in [-0.15, -0.1) is 0 Å². The lowest BCUT2D eigenvalue weighted by molar-refractivity contribution is -0.134. The third kappa shape index (κ3) is 10.6. The van der Waals surface area contributed by atoms with E-state index < -0.39 is 46.9 Å². The van der Waals surface area contributed by atoms with E-state index in [0.29, 0.717) is 67.8 Å². The molecule has 0 saturated carbocycles. The number of imide groups is 1. The normalized spacial score (nSPS) is 17.4. The summed E-state index contributed by atoms with van der Waals surface area (Å²) in [6, 6.07) is 21.0. The molecule has 0 aliphatic carbocycles. The summed E-state index contributed by atoms with van der Waals surface area (Å²) in [5.41, 5.74) is 4.99. The van der Waals surface area contributed by atoms with Gasteiger partial charge >= 0.3 is 0 Å². The largest absolute Gasteiger partial charge is 0.367 e. The molecule has 4 amide bonds. The molecular formula is C46H46F4N10O4. The van der Waals surface area contributed by atoms with Gasteiger partial charge in [-0.1, -0.05) is 12.1 Å². The Morgan fingerprint density at radius 3 is 2.12 bits per heavy atom. The lowest BCUT2D eigenvalue weighted by atomic mass is 9.89. The summed E-state index contributed by atoms with van der Waals surface area (Å²) in [6.45, 7) is 4.78. The zero-order valence-corrected chi connectivity index (χ0v) is 34.7. The Labute approximate surface area is 366 Å². The molecular weight excluding hydrogens is 833 g/mol. The Morgan fingerprint density at radius 2 is 1.41 bits per heavy atom. The molecule has 64 heavy (non-hydrogen) atoms. The number of anilines is 6. The topological polar surface area (TPSA) is 164 Å². The van der Waals surface area contributed by atoms with E-state index in [1.54, 1.807) is 54.6 Å². The van der Waals surface area contributed by atoms with E-state index in [-0.39, 0.29) is 47.3 Å². The fourth-order valence-corrected chi connectivity index (χ4v) is 8.14. The van der Waals surface area contributed by atoms with Crippen molar-refractivity contribution >= 4 is 58.1 Å². The van der Waals surface area contributed by atoms with Gasteiger partial charge in [0.05, 0.1) is 23.4 Å². The first-order valence-electron chi connectivity index (χ1n) is 21.1. The van der Waals surface area contributed by atoms with Gasteiger partial charge in [0.25, 0.3) is 11.8 Å². The van der Waals surface area contributed by atoms with Crippen LogP contribution in [0, 0.1) is 29.2 Å². The molecule has 332 valence electrons. The van der Waals surface area contributed by atoms with E-state index in [1.165, 1.54) is 18.2 Å². The second-order valence-electron chi connectivity index (χ2n) is 16.0. The number of amides is 4. The fraction of sp³-hybridized carbons (Fsp3) is 0.304. The summed E-state index contributed by atoms with van der Waals surface area (Å²) in [5.74, 6) is -4.80. The predicted octanol–water partition coefficient (Wildman–Crippen LogP) is 6.86. The van der Waals surface area contributed by atoms with E-state index in [1.807, 2.05) is 9.91 Å². The zero-order valence-electron chi connectivity index (χ0n) is 34.7. The highest BCUT2D eigenvalue weighted by Crippen LogP contribution is 2.32. The van der Waals surface area contributed by atoms with E-state index in [9.17, 15) is 28.0 Å². The minimum absolute atomic E-state index is 0.0268. The van der Waals surface area contributed by atoms with Gasteiger partial charge in [0, 0.05) is 79.9 Å². The van der Waals surface area contributed by atoms with Gasteiger partial charge in [-0.2, -0.15) is 4.98 Å². The number of piperidine rings is 2. The van der Waals surface area contributed by atoms with Crippen molar-refractivity contribution < 1.29 is 36.7 Å². The first-order valence-corrected chi connectivity index (χ1v) is 21.1. The molecule has 3 aliphatic heterocycles. The number of hydrogen-bond donors (Lipinski definition) is 5. The summed E-state index contributed by atoms with van der Waals surface area (Å²) in [5, 5.41) is 12.7. The first-order chi connectivity index (χ1) is 30.9. The number of hydrogen-bond acceptors (Lipinski definition) is 11. The Balaban J connectivity index is 0.747. The van der Waals surface area contributed by atoms with Crippen molar-refractivity contribution in [2.45, 2.75) is 38.0 Å². The molecule has 1 unspecified atom stereocenters. The lowest BCUT2D eigenvalue weighted by Crippen LogP contribution is -2.48. The van der Waals surface area contributed by atoms with Crippen molar-refractivity contribution in [2.24, 2.45) is 5.92 Å². The van der Waals surface area contributed by atoms with Crippen LogP contribution in [0.4, 0.5) is 52.1 Å². The number of carbonyl (C=O) groups excluding carboxylic acids is 4. The van der Waals surface area contributed by atoms with E-state index in [2.05, 4.69) is 41.6 Å². The van der Waals surface area contributed by atoms with Gasteiger partial charge in [-0.3, -0.25) is 34.8 Å². The summed E-state index contributed by atoms with van der Waals surface area (Å²) >= 11 is 0. The number of hydrazine groups is 1. The van der Waals surface area contributed by atoms with Crippen LogP contribution in [0.15, 0.2) is 91.1 Å². The molecule has 5 aromatic rings. The van der Waals surface area contributed by atoms with Crippen LogP contribution < -0.4 is 31.6 Å². The van der Waals surface area contributed by atoms with Crippen molar-refractivity contribution in [3.05, 3.63) is 131 Å². The Hall–Kier alpha value is -6.92. The Morgan fingerprint density at radius 1 is 0.719 bits per heavy atom. The lowest BCUT2D eigenvalue weighted by Gasteiger charge is -2.38. The summed E-state index contributed by atoms with van der Waals surface area (Å²) in [6.07, 6.45) is 4.09. The molecule has 1 atom stereocenters. The van der Waals surface area contributed by atoms with Crippen LogP contribution in [0.5, 0.6) is 0 Å². The molecule has 4 aromatic carbocycles. The number of carbonyl (C=O) groups is 4. The van der Waals surface area contributed by atoms with Crippen molar-refractivity contribution in [3.63, 3.8) is 0 Å². The maximum atomic E-state index is 15.2. The number of nitrogens with one attached hydrogen (secondary N) is 5. The summed E-state index contributed by atoms with van der Waals surface area (Å²) in [4.78, 5) is 61.7. The smallest absolute Gasteiger partial charge is 0.265 e. The number of halogens is 4. The van der Waals surface area contributed by atoms with Crippen molar-refractivity contribution in [1.29, 1.82) is 0 Å². The average molecular weight is 879 g/mol. The van der Waals surface area contributed by atoms with Crippen LogP contribution >= 0.6 is 0 Å². The van der Waals surface area contributed by atoms with Crippen LogP contribution in [0.2, 0.25) is 0 Å². The maximum absolute atomic E-state index is 15.2. The van der Waals surface area contributed by atoms with Gasteiger partial charge in [0.2, 0.25) is 17.8 Å². The van der Waals surface area contributed by atoms with Crippen LogP contribution in [0.1, 0.15) is 64.3 Å². The van der Waals surface area contributed by atoms with Crippen LogP contribution in [-0.4, -0.2) is 89.3 Å². The molecule has 0 bridgehead atoms. The standard InChI is InChI=1S/C46H46F4N10O4/c47-36-4-2-1-3-34(36)45(64)53-31-11-9-30(10-12-31)52-42-39(50)27-51-46(56-42)54-32-7-5-29(6-8-32)43(62)57-60-19-16-28(17-20-60)15-18-58-21-23-59(24-22-58)40-26-37(48)35(25-38(40)49)33-13-14-41(61)55-44(33)63/h1-12,25-28,33H,13-24H2,(H,53,64)(H,57,62)(H,55,61,63)(H2,51,52,54,56). The van der Waals surface area contributed by atoms with Gasteiger partial charge in [-0.25, -0.2) is 27.6 Å². The Bertz CT molecular complexity index is 2510. The molecule has 1 aromatic heterocycles. The van der Waals surface area contributed by atoms with Gasteiger partial charge in [-0.05, 0) is 105 Å². The molecule has 5 N–H and O–H groups in total. The highest BCUT2D eigenvalue weighted by molar-refractivity contribution is 6.04. The number of aromatic nitrogens is 2. The van der Waals surface area contributed by atoms with Gasteiger partial charge in [0.15, 0.2) is 11.6 Å². The number of piperazine rings is 1. The average Bonchev–Trinajstić information content (AvgIpc) is 3.29. The predicted molar refractivity (Wildman–Crippen MR) is 232 cm³/mol. The van der Waals surface area contributed by atoms with Crippen molar-refractivity contribution in [3.8, 4) is 0 Å². The molecule has 3 fully saturated rings. The third-order valence-electron chi connectivity index (χ3n) is 11.8. The number of nitrogens with zero attached hydrogens (tertiary/aromatic N) is 5. The minimum Gasteiger partial charge on any atom is -0.367 e. The second kappa shape index (κ2) is 19.6. The van der Waals surface area contributed by atoms with E-state index in [0.717, 1.165) is 44.1 Å². The SMILES string of the molecule is O=C1CCC(c2cc(F)c(N3CCN(CCC4CCN(NC(=O)c5ccc(Nc6ncc(F)c(Nc7ccc(NC(=O)c8ccccc8F)cc7)n6)cc5)CC4)CC3)cc2F)C(=O)N1. The van der Waals surface area contributed by atoms with Crippen LogP contribution in [0.25, 0.3) is 0 Å². The molecule has 0 radical (unpaired) electrons. The maximum Gasteiger partial charge on any atom is 0.265 e. The highest BCUT2D eigenvalue weighted by Gasteiger charge is 2.32. The molecule has 14 nitrogen and oxygen atoms in total. The van der Waals surface area contributed by atoms with Crippen LogP contribution in [0.3, 0.4) is 0 Å². The molecule has 3 saturated heterocycles. The molecule has 4 heterocycles. The third-order valence-corrected chi connectivity index (χ3v) is 11.8. The second-order valence-corrected chi connectivity index (χ2v) is 16.0. The van der Waals surface area contributed by atoms with Crippen molar-refractivity contribution in [1.82, 2.24) is 30.6 Å². The molecule has 0 spiro atoms. The van der Waals surface area contributed by atoms with E-state index in [4.69, 9.17) is 0 Å². The monoisotopic (exact) mass is 878 g/mol. The Kier molecular flexibility index (Phi) is 13.4. The first kappa shape index (κ1) is 43.7. The summed E-state index contributed by atoms with van der Waals surface area (Å²) in [7, 11) is 0.